The largest absolute Gasteiger partial charge is 0.480 e. The first-order chi connectivity index (χ1) is 16.6. The molecule has 0 fully saturated rings. The molecular weight excluding hydrogens is 581 g/mol. The highest BCUT2D eigenvalue weighted by Gasteiger charge is 2.29. The minimum atomic E-state index is -1.08. The molecule has 0 saturated carbocycles. The van der Waals surface area contributed by atoms with Crippen LogP contribution >= 0.6 is 68.4 Å². The zero-order chi connectivity index (χ0) is 27.9. The second-order valence-electron chi connectivity index (χ2n) is 9.24. The highest BCUT2D eigenvalue weighted by Crippen LogP contribution is 2.35. The van der Waals surface area contributed by atoms with Crippen molar-refractivity contribution >= 4 is 92.2 Å². The van der Waals surface area contributed by atoms with E-state index in [-0.39, 0.29) is 11.5 Å². The van der Waals surface area contributed by atoms with Crippen LogP contribution in [0.2, 0.25) is 0 Å². The molecule has 0 radical (unpaired) electrons. The van der Waals surface area contributed by atoms with Gasteiger partial charge in [-0.05, 0) is 40.5 Å². The molecule has 4 N–H and O–H groups in total. The van der Waals surface area contributed by atoms with Crippen molar-refractivity contribution in [2.24, 2.45) is 0 Å². The van der Waals surface area contributed by atoms with Crippen LogP contribution in [0.5, 0.6) is 0 Å². The van der Waals surface area contributed by atoms with Crippen molar-refractivity contribution in [3.8, 4) is 0 Å². The lowest BCUT2D eigenvalue weighted by molar-refractivity contribution is -0.141. The van der Waals surface area contributed by atoms with Gasteiger partial charge in [-0.15, -0.1) is 0 Å². The van der Waals surface area contributed by atoms with Gasteiger partial charge in [0.15, 0.2) is 0 Å². The van der Waals surface area contributed by atoms with E-state index in [1.807, 2.05) is 0 Å². The summed E-state index contributed by atoms with van der Waals surface area (Å²) in [6.45, 7) is 8.57. The Morgan fingerprint density at radius 2 is 1.25 bits per heavy atom. The maximum atomic E-state index is 12.1. The third kappa shape index (κ3) is 16.7. The van der Waals surface area contributed by atoms with Crippen LogP contribution in [0.1, 0.15) is 66.7 Å². The second kappa shape index (κ2) is 18.3. The highest BCUT2D eigenvalue weighted by atomic mass is 33.1. The van der Waals surface area contributed by atoms with Gasteiger partial charge in [-0.2, -0.15) is 25.3 Å². The van der Waals surface area contributed by atoms with Crippen LogP contribution in [0.4, 0.5) is 0 Å². The van der Waals surface area contributed by atoms with E-state index in [0.717, 1.165) is 37.9 Å². The van der Waals surface area contributed by atoms with E-state index in [1.54, 1.807) is 49.3 Å². The van der Waals surface area contributed by atoms with E-state index in [1.165, 1.54) is 21.6 Å². The van der Waals surface area contributed by atoms with Gasteiger partial charge in [-0.3, -0.25) is 9.59 Å². The van der Waals surface area contributed by atoms with Crippen LogP contribution in [0, 0.1) is 0 Å². The predicted molar refractivity (Wildman–Crippen MR) is 163 cm³/mol. The Bertz CT molecular complexity index is 714. The molecular formula is C22H40N2O6S6. The van der Waals surface area contributed by atoms with Crippen LogP contribution in [-0.2, 0) is 19.2 Å². The highest BCUT2D eigenvalue weighted by molar-refractivity contribution is 8.77. The van der Waals surface area contributed by atoms with E-state index >= 15 is 0 Å². The fraction of sp³-hybridized carbons (Fsp3) is 0.818. The van der Waals surface area contributed by atoms with Crippen LogP contribution < -0.4 is 10.6 Å². The number of carboxylic acid groups (broad SMARTS) is 2. The summed E-state index contributed by atoms with van der Waals surface area (Å²) in [4.78, 5) is 47.2. The molecule has 0 heterocycles. The normalized spacial score (nSPS) is 14.5. The van der Waals surface area contributed by atoms with E-state index < -0.39 is 45.3 Å². The Kier molecular flexibility index (Phi) is 18.3. The third-order valence-electron chi connectivity index (χ3n) is 4.73. The smallest absolute Gasteiger partial charge is 0.327 e. The maximum Gasteiger partial charge on any atom is 0.327 e. The number of unbranched alkanes of at least 4 members (excludes halogenated alkanes) is 2. The number of rotatable bonds is 20. The Morgan fingerprint density at radius 3 is 1.67 bits per heavy atom. The topological polar surface area (TPSA) is 133 Å². The summed E-state index contributed by atoms with van der Waals surface area (Å²) < 4.78 is -1.92. The lowest BCUT2D eigenvalue weighted by Crippen LogP contribution is -2.48. The van der Waals surface area contributed by atoms with Crippen molar-refractivity contribution in [1.29, 1.82) is 0 Å². The Hall–Kier alpha value is -0.0200. The van der Waals surface area contributed by atoms with Gasteiger partial charge in [0.05, 0.1) is 9.49 Å². The summed E-state index contributed by atoms with van der Waals surface area (Å²) >= 11 is 8.37. The summed E-state index contributed by atoms with van der Waals surface area (Å²) in [6.07, 6.45) is 5.17. The van der Waals surface area contributed by atoms with Gasteiger partial charge in [0.2, 0.25) is 11.8 Å². The zero-order valence-corrected chi connectivity index (χ0v) is 26.5. The fourth-order valence-corrected chi connectivity index (χ4v) is 7.92. The molecule has 0 bridgehead atoms. The first-order valence-corrected chi connectivity index (χ1v) is 17.4. The molecule has 0 aromatic carbocycles. The molecule has 2 amide bonds. The summed E-state index contributed by atoms with van der Waals surface area (Å²) in [5.74, 6) is -1.75. The number of carbonyl (C=O) groups excluding carboxylic acids is 2. The number of hydrogen-bond acceptors (Lipinski definition) is 10. The Morgan fingerprint density at radius 1 is 0.778 bits per heavy atom. The van der Waals surface area contributed by atoms with Gasteiger partial charge in [-0.25, -0.2) is 9.59 Å². The molecule has 0 aliphatic rings. The van der Waals surface area contributed by atoms with E-state index in [2.05, 4.69) is 42.8 Å². The third-order valence-corrected chi connectivity index (χ3v) is 10.6. The number of thiol groups is 2. The van der Waals surface area contributed by atoms with Gasteiger partial charge in [-0.1, -0.05) is 69.4 Å². The number of aliphatic carboxylic acids is 2. The molecule has 0 aliphatic heterocycles. The van der Waals surface area contributed by atoms with Crippen molar-refractivity contribution in [2.75, 3.05) is 17.3 Å². The zero-order valence-electron chi connectivity index (χ0n) is 21.4. The second-order valence-corrected chi connectivity index (χ2v) is 16.8. The van der Waals surface area contributed by atoms with Crippen LogP contribution in [-0.4, -0.2) is 78.1 Å². The molecule has 36 heavy (non-hydrogen) atoms. The van der Waals surface area contributed by atoms with Crippen LogP contribution in [0.25, 0.3) is 0 Å². The van der Waals surface area contributed by atoms with Crippen molar-refractivity contribution in [3.63, 3.8) is 0 Å². The molecule has 210 valence electrons. The number of amides is 2. The minimum absolute atomic E-state index is 0.236. The van der Waals surface area contributed by atoms with Crippen molar-refractivity contribution in [1.82, 2.24) is 10.6 Å². The van der Waals surface area contributed by atoms with Gasteiger partial charge in [0.1, 0.15) is 12.1 Å². The average molecular weight is 621 g/mol. The molecule has 0 rings (SSSR count). The number of hydrogen-bond donors (Lipinski definition) is 6. The number of carbonyl (C=O) groups is 4. The molecule has 14 heteroatoms. The molecule has 0 unspecified atom stereocenters. The predicted octanol–water partition coefficient (Wildman–Crippen LogP) is 4.64. The summed E-state index contributed by atoms with van der Waals surface area (Å²) in [5, 5.41) is 24.2. The first kappa shape index (κ1) is 36.0. The monoisotopic (exact) mass is 620 g/mol. The molecule has 0 saturated heterocycles. The van der Waals surface area contributed by atoms with Gasteiger partial charge < -0.3 is 20.8 Å². The minimum Gasteiger partial charge on any atom is -0.480 e. The lowest BCUT2D eigenvalue weighted by Gasteiger charge is -2.22. The SMILES string of the molecule is CCCCC[C@H](CCSSC[C@H](NC(=O)C(C)(C)S)C(=O)O)SSC[C@H](NC(=O)C(C)(C)S)C(=O)O. The quantitative estimate of drug-likeness (QED) is 0.0650. The number of carboxylic acids is 2. The van der Waals surface area contributed by atoms with E-state index in [0.29, 0.717) is 5.25 Å². The molecule has 0 aromatic rings. The fourth-order valence-electron chi connectivity index (χ4n) is 2.44. The molecule has 0 spiro atoms. The summed E-state index contributed by atoms with van der Waals surface area (Å²) in [5.41, 5.74) is 0. The Balaban J connectivity index is 4.67. The van der Waals surface area contributed by atoms with Gasteiger partial charge in [0.25, 0.3) is 0 Å². The molecule has 0 aromatic heterocycles. The van der Waals surface area contributed by atoms with Crippen molar-refractivity contribution in [3.05, 3.63) is 0 Å². The van der Waals surface area contributed by atoms with E-state index in [4.69, 9.17) is 0 Å². The maximum absolute atomic E-state index is 12.1. The summed E-state index contributed by atoms with van der Waals surface area (Å²) in [6, 6.07) is -1.98. The molecule has 3 atom stereocenters. The van der Waals surface area contributed by atoms with Crippen LogP contribution in [0.3, 0.4) is 0 Å². The van der Waals surface area contributed by atoms with Gasteiger partial charge >= 0.3 is 11.9 Å². The van der Waals surface area contributed by atoms with Crippen molar-refractivity contribution < 1.29 is 29.4 Å². The molecule has 0 aliphatic carbocycles. The molecule has 8 nitrogen and oxygen atoms in total. The van der Waals surface area contributed by atoms with E-state index in [9.17, 15) is 29.4 Å². The average Bonchev–Trinajstić information content (AvgIpc) is 2.75. The van der Waals surface area contributed by atoms with Crippen LogP contribution in [0.15, 0.2) is 0 Å². The Labute approximate surface area is 241 Å². The lowest BCUT2D eigenvalue weighted by atomic mass is 10.1. The standard InChI is InChI=1S/C22H40N2O6S6/c1-6-7-8-9-14(36-35-13-16(18(27)28)24-20(30)22(4,5)32)10-11-33-34-12-15(17(25)26)23-19(29)21(2,3)31/h14-16,31-32H,6-13H2,1-5H3,(H,23,29)(H,24,30)(H,25,26)(H,27,28)/t14-,15+,16+/m1/s1. The van der Waals surface area contributed by atoms with Crippen molar-refractivity contribution in [2.45, 2.75) is 93.6 Å². The summed E-state index contributed by atoms with van der Waals surface area (Å²) in [7, 11) is 6.03. The number of nitrogens with one attached hydrogen (secondary N) is 2. The van der Waals surface area contributed by atoms with Gasteiger partial charge in [0, 0.05) is 22.5 Å². The first-order valence-electron chi connectivity index (χ1n) is 11.6.